The fourth-order valence-electron chi connectivity index (χ4n) is 5.60. The van der Waals surface area contributed by atoms with Gasteiger partial charge in [-0.25, -0.2) is 15.0 Å². The number of rotatable bonds is 6. The average Bonchev–Trinajstić information content (AvgIpc) is 3.53. The lowest BCUT2D eigenvalue weighted by atomic mass is 9.94. The maximum Gasteiger partial charge on any atom is 0.257 e. The van der Waals surface area contributed by atoms with Crippen molar-refractivity contribution in [3.8, 4) is 11.1 Å². The van der Waals surface area contributed by atoms with Crippen LogP contribution in [0.2, 0.25) is 0 Å². The van der Waals surface area contributed by atoms with Gasteiger partial charge in [-0.2, -0.15) is 5.10 Å². The third kappa shape index (κ3) is 5.53. The van der Waals surface area contributed by atoms with Crippen LogP contribution in [0.1, 0.15) is 73.4 Å². The standard InChI is InChI=1S/C33H37N7OS/c1-20(2)29-23(25-17-35-40(21(25)3)19-33(4,5)6)12-13-28(37-29)39-16-14-22-9-7-10-24(26(22)18-39)30(41)38-32-36-27-11-8-15-34-31(27)42-32/h7-13,15,17,20H,14,16,18-19H2,1-6H3,(H,36,38,41). The van der Waals surface area contributed by atoms with Gasteiger partial charge in [-0.1, -0.05) is 58.1 Å². The first-order valence-corrected chi connectivity index (χ1v) is 15.3. The van der Waals surface area contributed by atoms with Crippen molar-refractivity contribution in [1.29, 1.82) is 0 Å². The number of hydrogen-bond acceptors (Lipinski definition) is 7. The first-order chi connectivity index (χ1) is 20.1. The number of aromatic nitrogens is 5. The number of anilines is 2. The summed E-state index contributed by atoms with van der Waals surface area (Å²) in [5.74, 6) is 1.02. The third-order valence-corrected chi connectivity index (χ3v) is 8.60. The largest absolute Gasteiger partial charge is 0.352 e. The van der Waals surface area contributed by atoms with E-state index in [4.69, 9.17) is 10.1 Å². The van der Waals surface area contributed by atoms with E-state index in [0.717, 1.165) is 63.8 Å². The van der Waals surface area contributed by atoms with E-state index in [1.165, 1.54) is 16.9 Å². The monoisotopic (exact) mass is 579 g/mol. The summed E-state index contributed by atoms with van der Waals surface area (Å²) < 4.78 is 2.10. The molecule has 0 saturated heterocycles. The molecular formula is C33H37N7OS. The lowest BCUT2D eigenvalue weighted by Gasteiger charge is -2.31. The Morgan fingerprint density at radius 2 is 1.90 bits per heavy atom. The van der Waals surface area contributed by atoms with Gasteiger partial charge in [0.05, 0.1) is 11.9 Å². The molecule has 5 heterocycles. The molecule has 9 heteroatoms. The zero-order valence-corrected chi connectivity index (χ0v) is 25.9. The van der Waals surface area contributed by atoms with Crippen molar-refractivity contribution in [1.82, 2.24) is 24.7 Å². The van der Waals surface area contributed by atoms with Crippen LogP contribution in [-0.2, 0) is 19.5 Å². The van der Waals surface area contributed by atoms with Gasteiger partial charge in [-0.05, 0) is 66.1 Å². The van der Waals surface area contributed by atoms with E-state index in [1.807, 2.05) is 30.5 Å². The number of fused-ring (bicyclic) bond motifs is 2. The summed E-state index contributed by atoms with van der Waals surface area (Å²) >= 11 is 1.38. The number of carbonyl (C=O) groups excluding carboxylic acids is 1. The van der Waals surface area contributed by atoms with Crippen molar-refractivity contribution in [3.63, 3.8) is 0 Å². The average molecular weight is 580 g/mol. The number of hydrogen-bond donors (Lipinski definition) is 1. The third-order valence-electron chi connectivity index (χ3n) is 7.70. The quantitative estimate of drug-likeness (QED) is 0.228. The molecule has 0 fully saturated rings. The smallest absolute Gasteiger partial charge is 0.257 e. The lowest BCUT2D eigenvalue weighted by molar-refractivity contribution is 0.102. The highest BCUT2D eigenvalue weighted by molar-refractivity contribution is 7.21. The number of benzene rings is 1. The molecule has 0 spiro atoms. The number of nitrogens with one attached hydrogen (secondary N) is 1. The Hall–Kier alpha value is -4.11. The van der Waals surface area contributed by atoms with E-state index < -0.39 is 0 Å². The predicted octanol–water partition coefficient (Wildman–Crippen LogP) is 7.24. The van der Waals surface area contributed by atoms with E-state index in [0.29, 0.717) is 17.2 Å². The van der Waals surface area contributed by atoms with Gasteiger partial charge in [0, 0.05) is 48.2 Å². The SMILES string of the molecule is Cc1c(-c2ccc(N3CCc4cccc(C(=O)Nc5nc6cccnc6s5)c4C3)nc2C(C)C)cnn1CC(C)(C)C. The van der Waals surface area contributed by atoms with Gasteiger partial charge in [0.15, 0.2) is 5.13 Å². The molecule has 42 heavy (non-hydrogen) atoms. The van der Waals surface area contributed by atoms with Gasteiger partial charge < -0.3 is 4.90 Å². The molecule has 8 nitrogen and oxygen atoms in total. The van der Waals surface area contributed by atoms with Crippen molar-refractivity contribution in [2.75, 3.05) is 16.8 Å². The maximum atomic E-state index is 13.5. The van der Waals surface area contributed by atoms with E-state index in [1.54, 1.807) is 6.20 Å². The molecule has 1 N–H and O–H groups in total. The number of thiazole rings is 1. The minimum Gasteiger partial charge on any atom is -0.352 e. The molecule has 0 radical (unpaired) electrons. The van der Waals surface area contributed by atoms with E-state index in [9.17, 15) is 4.79 Å². The molecule has 4 aromatic heterocycles. The first-order valence-electron chi connectivity index (χ1n) is 14.5. The molecule has 216 valence electrons. The maximum absolute atomic E-state index is 13.5. The first kappa shape index (κ1) is 28.0. The zero-order chi connectivity index (χ0) is 29.6. The predicted molar refractivity (Wildman–Crippen MR) is 170 cm³/mol. The van der Waals surface area contributed by atoms with Crippen LogP contribution in [0.3, 0.4) is 0 Å². The molecule has 0 atom stereocenters. The van der Waals surface area contributed by atoms with Crippen LogP contribution < -0.4 is 10.2 Å². The van der Waals surface area contributed by atoms with Crippen LogP contribution >= 0.6 is 11.3 Å². The number of pyridine rings is 2. The Labute approximate surface area is 250 Å². The summed E-state index contributed by atoms with van der Waals surface area (Å²) in [6.45, 7) is 15.5. The van der Waals surface area contributed by atoms with Crippen LogP contribution in [0, 0.1) is 12.3 Å². The van der Waals surface area contributed by atoms with Crippen LogP contribution in [0.5, 0.6) is 0 Å². The summed E-state index contributed by atoms with van der Waals surface area (Å²) in [5.41, 5.74) is 8.33. The van der Waals surface area contributed by atoms with Gasteiger partial charge in [-0.15, -0.1) is 0 Å². The Bertz CT molecular complexity index is 1750. The van der Waals surface area contributed by atoms with Crippen molar-refractivity contribution < 1.29 is 4.79 Å². The Morgan fingerprint density at radius 1 is 1.07 bits per heavy atom. The number of amides is 1. The van der Waals surface area contributed by atoms with Crippen LogP contribution in [0.25, 0.3) is 21.5 Å². The van der Waals surface area contributed by atoms with Crippen molar-refractivity contribution in [2.24, 2.45) is 5.41 Å². The second kappa shape index (κ2) is 10.9. The minimum absolute atomic E-state index is 0.142. The van der Waals surface area contributed by atoms with Crippen LogP contribution in [0.15, 0.2) is 54.9 Å². The Kier molecular flexibility index (Phi) is 7.30. The molecule has 1 amide bonds. The van der Waals surface area contributed by atoms with Crippen molar-refractivity contribution >= 4 is 38.5 Å². The van der Waals surface area contributed by atoms with Gasteiger partial charge >= 0.3 is 0 Å². The molecule has 0 saturated carbocycles. The molecule has 1 aromatic carbocycles. The molecular weight excluding hydrogens is 542 g/mol. The summed E-state index contributed by atoms with van der Waals surface area (Å²) in [6.07, 6.45) is 4.56. The van der Waals surface area contributed by atoms with Crippen LogP contribution in [0.4, 0.5) is 10.9 Å². The number of nitrogens with zero attached hydrogens (tertiary/aromatic N) is 6. The molecule has 0 aliphatic carbocycles. The highest BCUT2D eigenvalue weighted by atomic mass is 32.1. The Balaban J connectivity index is 1.27. The van der Waals surface area contributed by atoms with Gasteiger partial charge in [0.1, 0.15) is 16.2 Å². The summed E-state index contributed by atoms with van der Waals surface area (Å²) in [6, 6.07) is 14.1. The van der Waals surface area contributed by atoms with Gasteiger partial charge in [0.25, 0.3) is 5.91 Å². The highest BCUT2D eigenvalue weighted by Gasteiger charge is 2.25. The van der Waals surface area contributed by atoms with Crippen LogP contribution in [-0.4, -0.2) is 37.2 Å². The van der Waals surface area contributed by atoms with Gasteiger partial charge in [0.2, 0.25) is 0 Å². The second-order valence-corrected chi connectivity index (χ2v) is 13.5. The van der Waals surface area contributed by atoms with E-state index in [-0.39, 0.29) is 17.2 Å². The van der Waals surface area contributed by atoms with E-state index in [2.05, 4.69) is 84.6 Å². The summed E-state index contributed by atoms with van der Waals surface area (Å²) in [7, 11) is 0. The molecule has 5 aromatic rings. The molecule has 0 unspecified atom stereocenters. The second-order valence-electron chi connectivity index (χ2n) is 12.5. The highest BCUT2D eigenvalue weighted by Crippen LogP contribution is 2.34. The zero-order valence-electron chi connectivity index (χ0n) is 25.1. The normalized spacial score (nSPS) is 13.5. The molecule has 1 aliphatic rings. The van der Waals surface area contributed by atoms with Gasteiger partial charge in [-0.3, -0.25) is 14.8 Å². The number of carbonyl (C=O) groups is 1. The fourth-order valence-corrected chi connectivity index (χ4v) is 6.41. The van der Waals surface area contributed by atoms with E-state index >= 15 is 0 Å². The molecule has 6 rings (SSSR count). The summed E-state index contributed by atoms with van der Waals surface area (Å²) in [5, 5.41) is 8.28. The molecule has 0 bridgehead atoms. The van der Waals surface area contributed by atoms with Crippen molar-refractivity contribution in [3.05, 3.63) is 82.9 Å². The van der Waals surface area contributed by atoms with Crippen molar-refractivity contribution in [2.45, 2.75) is 67.0 Å². The summed E-state index contributed by atoms with van der Waals surface area (Å²) in [4.78, 5) is 30.6. The topological polar surface area (TPSA) is 88.8 Å². The fraction of sp³-hybridized carbons (Fsp3) is 0.364. The molecule has 1 aliphatic heterocycles. The lowest BCUT2D eigenvalue weighted by Crippen LogP contribution is -2.33. The minimum atomic E-state index is -0.151. The Morgan fingerprint density at radius 3 is 2.67 bits per heavy atom.